The Kier molecular flexibility index (Phi) is 15.6. The Bertz CT molecular complexity index is 826. The van der Waals surface area contributed by atoms with Crippen molar-refractivity contribution < 1.29 is 9.53 Å². The number of rotatable bonds is 12. The lowest BCUT2D eigenvalue weighted by Crippen LogP contribution is -2.37. The van der Waals surface area contributed by atoms with Gasteiger partial charge < -0.3 is 4.74 Å². The molecular weight excluding hydrogens is 488 g/mol. The highest BCUT2D eigenvalue weighted by Gasteiger charge is 2.38. The van der Waals surface area contributed by atoms with Crippen LogP contribution in [0, 0.1) is 22.7 Å². The molecule has 1 aliphatic carbocycles. The summed E-state index contributed by atoms with van der Waals surface area (Å²) in [6, 6.07) is 7.39. The predicted octanol–water partition coefficient (Wildman–Crippen LogP) is 12.2. The van der Waals surface area contributed by atoms with Gasteiger partial charge in [-0.15, -0.1) is 0 Å². The summed E-state index contributed by atoms with van der Waals surface area (Å²) in [5, 5.41) is 0. The van der Waals surface area contributed by atoms with Crippen LogP contribution in [0.3, 0.4) is 0 Å². The van der Waals surface area contributed by atoms with Gasteiger partial charge in [-0.25, -0.2) is 0 Å². The van der Waals surface area contributed by atoms with Gasteiger partial charge >= 0.3 is 5.97 Å². The van der Waals surface area contributed by atoms with Crippen LogP contribution >= 0.6 is 0 Å². The number of hydrogen-bond donors (Lipinski definition) is 0. The summed E-state index contributed by atoms with van der Waals surface area (Å²) in [5.41, 5.74) is 4.65. The zero-order valence-electron chi connectivity index (χ0n) is 29.1. The maximum absolute atomic E-state index is 12.5. The van der Waals surface area contributed by atoms with Crippen LogP contribution in [0.2, 0.25) is 0 Å². The molecule has 0 bridgehead atoms. The van der Waals surface area contributed by atoms with Crippen LogP contribution < -0.4 is 0 Å². The Morgan fingerprint density at radius 3 is 1.73 bits per heavy atom. The second-order valence-corrected chi connectivity index (χ2v) is 15.3. The lowest BCUT2D eigenvalue weighted by molar-refractivity contribution is -0.165. The van der Waals surface area contributed by atoms with E-state index in [-0.39, 0.29) is 17.5 Å². The molecule has 232 valence electrons. The molecule has 0 N–H and O–H groups in total. The minimum Gasteiger partial charge on any atom is -0.462 e. The molecule has 1 fully saturated rings. The van der Waals surface area contributed by atoms with Gasteiger partial charge in [-0.1, -0.05) is 127 Å². The molecule has 1 aromatic rings. The average molecular weight is 557 g/mol. The van der Waals surface area contributed by atoms with Crippen molar-refractivity contribution in [1.29, 1.82) is 0 Å². The molecule has 2 heteroatoms. The van der Waals surface area contributed by atoms with Crippen molar-refractivity contribution in [1.82, 2.24) is 0 Å². The quantitative estimate of drug-likeness (QED) is 0.239. The van der Waals surface area contributed by atoms with Gasteiger partial charge in [0.05, 0.1) is 5.41 Å². The van der Waals surface area contributed by atoms with Crippen LogP contribution in [0.15, 0.2) is 18.2 Å². The lowest BCUT2D eigenvalue weighted by atomic mass is 9.74. The summed E-state index contributed by atoms with van der Waals surface area (Å²) in [5.74, 6) is 3.00. The van der Waals surface area contributed by atoms with E-state index in [1.807, 2.05) is 0 Å². The van der Waals surface area contributed by atoms with Crippen molar-refractivity contribution in [3.63, 3.8) is 0 Å². The van der Waals surface area contributed by atoms with Crippen molar-refractivity contribution >= 4 is 5.97 Å². The number of carbonyl (C=O) groups excluding carboxylic acids is 1. The third-order valence-electron chi connectivity index (χ3n) is 9.54. The van der Waals surface area contributed by atoms with E-state index in [0.29, 0.717) is 29.1 Å². The molecule has 0 saturated heterocycles. The van der Waals surface area contributed by atoms with Crippen molar-refractivity contribution in [2.75, 3.05) is 0 Å². The molecule has 0 radical (unpaired) electrons. The second kappa shape index (κ2) is 17.0. The van der Waals surface area contributed by atoms with E-state index >= 15 is 0 Å². The Hall–Kier alpha value is -1.31. The summed E-state index contributed by atoms with van der Waals surface area (Å²) >= 11 is 0. The summed E-state index contributed by atoms with van der Waals surface area (Å²) in [7, 11) is 0. The SMILES string of the molecule is CCC(C)C(CC(C)(C)C)c1cc(C(C)C)cc(C(C)C)c1.CCCCC(C)(C(=O)OC1CCCCC1)C(C)C. The van der Waals surface area contributed by atoms with Gasteiger partial charge in [0.15, 0.2) is 0 Å². The van der Waals surface area contributed by atoms with Crippen LogP contribution in [0.5, 0.6) is 0 Å². The first-order chi connectivity index (χ1) is 18.5. The van der Waals surface area contributed by atoms with Gasteiger partial charge in [-0.05, 0) is 97.1 Å². The molecule has 1 saturated carbocycles. The summed E-state index contributed by atoms with van der Waals surface area (Å²) in [6.45, 7) is 29.6. The standard InChI is InChI=1S/C22H38.C16H30O2/c1-10-17(6)21(14-22(7,8)9)20-12-18(15(2)3)11-19(13-20)16(4)5;1-5-6-12-16(4,13(2)3)15(17)18-14-10-8-7-9-11-14/h11-13,15-17,21H,10,14H2,1-9H3;13-14H,5-12H2,1-4H3. The third kappa shape index (κ3) is 11.9. The molecule has 2 nitrogen and oxygen atoms in total. The maximum Gasteiger partial charge on any atom is 0.312 e. The van der Waals surface area contributed by atoms with Gasteiger partial charge in [0.2, 0.25) is 0 Å². The Labute approximate surface area is 250 Å². The molecule has 3 atom stereocenters. The minimum absolute atomic E-state index is 0.0397. The molecule has 0 aliphatic heterocycles. The Balaban J connectivity index is 0.000000408. The van der Waals surface area contributed by atoms with E-state index in [0.717, 1.165) is 38.0 Å². The van der Waals surface area contributed by atoms with E-state index in [4.69, 9.17) is 4.74 Å². The molecular formula is C38H68O2. The number of hydrogen-bond acceptors (Lipinski definition) is 2. The first-order valence-corrected chi connectivity index (χ1v) is 16.9. The molecule has 3 unspecified atom stereocenters. The predicted molar refractivity (Wildman–Crippen MR) is 176 cm³/mol. The number of carbonyl (C=O) groups is 1. The number of unbranched alkanes of at least 4 members (excludes halogenated alkanes) is 1. The van der Waals surface area contributed by atoms with Gasteiger partial charge in [-0.2, -0.15) is 0 Å². The van der Waals surface area contributed by atoms with Crippen LogP contribution in [-0.2, 0) is 9.53 Å². The highest BCUT2D eigenvalue weighted by Crippen LogP contribution is 2.40. The lowest BCUT2D eigenvalue weighted by Gasteiger charge is -2.34. The molecule has 0 heterocycles. The molecule has 0 aromatic heterocycles. The summed E-state index contributed by atoms with van der Waals surface area (Å²) in [4.78, 5) is 12.5. The molecule has 2 rings (SSSR count). The van der Waals surface area contributed by atoms with Crippen LogP contribution in [0.1, 0.15) is 189 Å². The van der Waals surface area contributed by atoms with Crippen molar-refractivity contribution in [2.45, 2.75) is 178 Å². The molecule has 0 spiro atoms. The van der Waals surface area contributed by atoms with Crippen molar-refractivity contribution in [3.8, 4) is 0 Å². The molecule has 1 aliphatic rings. The van der Waals surface area contributed by atoms with E-state index in [9.17, 15) is 4.79 Å². The van der Waals surface area contributed by atoms with Gasteiger partial charge in [-0.3, -0.25) is 4.79 Å². The highest BCUT2D eigenvalue weighted by molar-refractivity contribution is 5.76. The van der Waals surface area contributed by atoms with Crippen LogP contribution in [0.25, 0.3) is 0 Å². The first-order valence-electron chi connectivity index (χ1n) is 16.9. The maximum atomic E-state index is 12.5. The summed E-state index contributed by atoms with van der Waals surface area (Å²) < 4.78 is 5.78. The van der Waals surface area contributed by atoms with Gasteiger partial charge in [0.25, 0.3) is 0 Å². The average Bonchev–Trinajstić information content (AvgIpc) is 2.89. The largest absolute Gasteiger partial charge is 0.462 e. The van der Waals surface area contributed by atoms with E-state index in [1.54, 1.807) is 5.56 Å². The Morgan fingerprint density at radius 1 is 0.825 bits per heavy atom. The van der Waals surface area contributed by atoms with Crippen LogP contribution in [0.4, 0.5) is 0 Å². The molecule has 40 heavy (non-hydrogen) atoms. The van der Waals surface area contributed by atoms with Gasteiger partial charge in [0.1, 0.15) is 6.10 Å². The monoisotopic (exact) mass is 557 g/mol. The van der Waals surface area contributed by atoms with Crippen LogP contribution in [-0.4, -0.2) is 12.1 Å². The van der Waals surface area contributed by atoms with Crippen molar-refractivity contribution in [3.05, 3.63) is 34.9 Å². The number of ether oxygens (including phenoxy) is 1. The summed E-state index contributed by atoms with van der Waals surface area (Å²) in [6.07, 6.45) is 11.7. The number of esters is 1. The van der Waals surface area contributed by atoms with E-state index in [2.05, 4.69) is 108 Å². The second-order valence-electron chi connectivity index (χ2n) is 15.3. The fourth-order valence-electron chi connectivity index (χ4n) is 5.81. The normalized spacial score (nSPS) is 17.8. The fourth-order valence-corrected chi connectivity index (χ4v) is 5.81. The zero-order valence-corrected chi connectivity index (χ0v) is 29.1. The highest BCUT2D eigenvalue weighted by atomic mass is 16.5. The smallest absolute Gasteiger partial charge is 0.312 e. The topological polar surface area (TPSA) is 26.3 Å². The van der Waals surface area contributed by atoms with E-state index < -0.39 is 0 Å². The third-order valence-corrected chi connectivity index (χ3v) is 9.54. The van der Waals surface area contributed by atoms with E-state index in [1.165, 1.54) is 43.2 Å². The first kappa shape index (κ1) is 36.7. The van der Waals surface area contributed by atoms with Crippen molar-refractivity contribution in [2.24, 2.45) is 22.7 Å². The fraction of sp³-hybridized carbons (Fsp3) is 0.816. The number of benzene rings is 1. The van der Waals surface area contributed by atoms with Gasteiger partial charge in [0, 0.05) is 0 Å². The Morgan fingerprint density at radius 2 is 1.32 bits per heavy atom. The molecule has 1 aromatic carbocycles. The molecule has 0 amide bonds. The minimum atomic E-state index is -0.298. The zero-order chi connectivity index (χ0) is 30.7.